The van der Waals surface area contributed by atoms with Crippen LogP contribution in [0.4, 0.5) is 0 Å². The molecule has 2 aliphatic rings. The smallest absolute Gasteiger partial charge is 0.330 e. The summed E-state index contributed by atoms with van der Waals surface area (Å²) >= 11 is 5.29. The van der Waals surface area contributed by atoms with Crippen LogP contribution < -0.4 is 5.32 Å². The molecule has 0 radical (unpaired) electrons. The fourth-order valence-electron chi connectivity index (χ4n) is 2.06. The van der Waals surface area contributed by atoms with E-state index in [-0.39, 0.29) is 5.91 Å². The maximum Gasteiger partial charge on any atom is 0.330 e. The molecule has 2 saturated heterocycles. The zero-order valence-corrected chi connectivity index (χ0v) is 12.5. The summed E-state index contributed by atoms with van der Waals surface area (Å²) in [4.78, 5) is 23.3. The van der Waals surface area contributed by atoms with E-state index in [0.29, 0.717) is 23.8 Å². The van der Waals surface area contributed by atoms with Crippen molar-refractivity contribution in [2.45, 2.75) is 23.6 Å². The van der Waals surface area contributed by atoms with Crippen LogP contribution in [0.5, 0.6) is 0 Å². The molecule has 2 unspecified atom stereocenters. The Morgan fingerprint density at radius 1 is 1.28 bits per heavy atom. The second kappa shape index (κ2) is 6.43. The summed E-state index contributed by atoms with van der Waals surface area (Å²) in [7, 11) is 0. The van der Waals surface area contributed by atoms with Gasteiger partial charge < -0.3 is 10.4 Å². The van der Waals surface area contributed by atoms with Gasteiger partial charge in [-0.1, -0.05) is 0 Å². The lowest BCUT2D eigenvalue weighted by molar-refractivity contribution is -0.146. The van der Waals surface area contributed by atoms with E-state index in [1.54, 1.807) is 11.8 Å². The Kier molecular flexibility index (Phi) is 5.14. The summed E-state index contributed by atoms with van der Waals surface area (Å²) in [5, 5.41) is 12.4. The van der Waals surface area contributed by atoms with Gasteiger partial charge in [0.2, 0.25) is 5.91 Å². The standard InChI is InChI=1S/C11H17NO3S3/c13-9(5-8-6-16-3-4-18-8)12-11(10(14)15)1-2-17-7-11/h8H,1-7H2,(H,12,13)(H,14,15). The molecule has 2 rings (SSSR count). The highest BCUT2D eigenvalue weighted by Crippen LogP contribution is 2.30. The topological polar surface area (TPSA) is 66.4 Å². The molecule has 2 heterocycles. The van der Waals surface area contributed by atoms with Crippen LogP contribution in [0.15, 0.2) is 0 Å². The zero-order valence-electron chi connectivity index (χ0n) is 10.0. The Bertz CT molecular complexity index is 325. The van der Waals surface area contributed by atoms with Crippen molar-refractivity contribution in [2.75, 3.05) is 28.8 Å². The Morgan fingerprint density at radius 3 is 2.67 bits per heavy atom. The van der Waals surface area contributed by atoms with Crippen molar-refractivity contribution in [1.82, 2.24) is 5.32 Å². The highest BCUT2D eigenvalue weighted by Gasteiger charge is 2.43. The van der Waals surface area contributed by atoms with Gasteiger partial charge in [-0.15, -0.1) is 0 Å². The number of carbonyl (C=O) groups is 2. The Labute approximate surface area is 119 Å². The number of carboxylic acids is 1. The number of hydrogen-bond donors (Lipinski definition) is 2. The minimum atomic E-state index is -1.02. The lowest BCUT2D eigenvalue weighted by Gasteiger charge is -2.26. The van der Waals surface area contributed by atoms with Gasteiger partial charge in [-0.3, -0.25) is 4.79 Å². The van der Waals surface area contributed by atoms with Crippen LogP contribution >= 0.6 is 35.3 Å². The molecular formula is C11H17NO3S3. The molecule has 0 aromatic rings. The number of amides is 1. The van der Waals surface area contributed by atoms with E-state index in [1.165, 1.54) is 0 Å². The summed E-state index contributed by atoms with van der Waals surface area (Å²) in [6.45, 7) is 0. The first-order chi connectivity index (χ1) is 8.62. The minimum absolute atomic E-state index is 0.111. The number of thioether (sulfide) groups is 3. The van der Waals surface area contributed by atoms with E-state index in [0.717, 1.165) is 23.0 Å². The van der Waals surface area contributed by atoms with E-state index in [9.17, 15) is 14.7 Å². The second-order valence-corrected chi connectivity index (χ2v) is 8.17. The molecule has 2 fully saturated rings. The van der Waals surface area contributed by atoms with Gasteiger partial charge in [0.25, 0.3) is 0 Å². The van der Waals surface area contributed by atoms with Crippen LogP contribution in [0.25, 0.3) is 0 Å². The molecule has 7 heteroatoms. The Morgan fingerprint density at radius 2 is 2.11 bits per heavy atom. The molecule has 0 aromatic heterocycles. The maximum absolute atomic E-state index is 12.0. The predicted octanol–water partition coefficient (Wildman–Crippen LogP) is 1.30. The molecule has 0 aliphatic carbocycles. The third-order valence-electron chi connectivity index (χ3n) is 3.11. The highest BCUT2D eigenvalue weighted by atomic mass is 32.2. The van der Waals surface area contributed by atoms with E-state index < -0.39 is 11.5 Å². The number of aliphatic carboxylic acids is 1. The van der Waals surface area contributed by atoms with E-state index in [4.69, 9.17) is 0 Å². The summed E-state index contributed by atoms with van der Waals surface area (Å²) in [6, 6.07) is 0. The second-order valence-electron chi connectivity index (χ2n) is 4.51. The van der Waals surface area contributed by atoms with Crippen LogP contribution in [0.3, 0.4) is 0 Å². The molecule has 0 aromatic carbocycles. The third kappa shape index (κ3) is 3.51. The first kappa shape index (κ1) is 14.4. The molecule has 18 heavy (non-hydrogen) atoms. The first-order valence-corrected chi connectivity index (χ1v) is 9.30. The van der Waals surface area contributed by atoms with Gasteiger partial charge >= 0.3 is 5.97 Å². The third-order valence-corrected chi connectivity index (χ3v) is 7.14. The van der Waals surface area contributed by atoms with E-state index in [1.807, 2.05) is 23.5 Å². The number of nitrogens with one attached hydrogen (secondary N) is 1. The average Bonchev–Trinajstić information content (AvgIpc) is 2.80. The van der Waals surface area contributed by atoms with Gasteiger partial charge in [0.15, 0.2) is 0 Å². The zero-order chi connectivity index (χ0) is 13.0. The summed E-state index contributed by atoms with van der Waals surface area (Å²) < 4.78 is 0. The normalized spacial score (nSPS) is 32.1. The van der Waals surface area contributed by atoms with Gasteiger partial charge in [-0.05, 0) is 12.2 Å². The van der Waals surface area contributed by atoms with Crippen molar-refractivity contribution in [3.8, 4) is 0 Å². The van der Waals surface area contributed by atoms with Gasteiger partial charge in [-0.2, -0.15) is 35.3 Å². The largest absolute Gasteiger partial charge is 0.479 e. The quantitative estimate of drug-likeness (QED) is 0.816. The molecule has 2 N–H and O–H groups in total. The van der Waals surface area contributed by atoms with Gasteiger partial charge in [-0.25, -0.2) is 4.79 Å². The van der Waals surface area contributed by atoms with Crippen LogP contribution in [-0.4, -0.2) is 56.5 Å². The summed E-state index contributed by atoms with van der Waals surface area (Å²) in [6.07, 6.45) is 0.975. The van der Waals surface area contributed by atoms with Crippen LogP contribution in [0.2, 0.25) is 0 Å². The molecule has 102 valence electrons. The molecule has 4 nitrogen and oxygen atoms in total. The van der Waals surface area contributed by atoms with Crippen LogP contribution in [0, 0.1) is 0 Å². The van der Waals surface area contributed by atoms with Crippen molar-refractivity contribution in [3.05, 3.63) is 0 Å². The predicted molar refractivity (Wildman–Crippen MR) is 78.6 cm³/mol. The molecule has 0 spiro atoms. The first-order valence-electron chi connectivity index (χ1n) is 5.94. The number of carbonyl (C=O) groups excluding carboxylic acids is 1. The molecule has 1 amide bonds. The maximum atomic E-state index is 12.0. The monoisotopic (exact) mass is 307 g/mol. The summed E-state index contributed by atoms with van der Waals surface area (Å²) in [5.74, 6) is 3.52. The average molecular weight is 307 g/mol. The number of rotatable bonds is 4. The van der Waals surface area contributed by atoms with Crippen LogP contribution in [0.1, 0.15) is 12.8 Å². The molecule has 2 aliphatic heterocycles. The summed E-state index contributed by atoms with van der Waals surface area (Å²) in [5.41, 5.74) is -1.02. The fraction of sp³-hybridized carbons (Fsp3) is 0.818. The van der Waals surface area contributed by atoms with Gasteiger partial charge in [0.05, 0.1) is 0 Å². The molecule has 0 saturated carbocycles. The Balaban J connectivity index is 1.87. The molecule has 0 bridgehead atoms. The minimum Gasteiger partial charge on any atom is -0.479 e. The molecular weight excluding hydrogens is 290 g/mol. The van der Waals surface area contributed by atoms with Crippen molar-refractivity contribution < 1.29 is 14.7 Å². The van der Waals surface area contributed by atoms with Crippen LogP contribution in [-0.2, 0) is 9.59 Å². The number of carboxylic acid groups (broad SMARTS) is 1. The van der Waals surface area contributed by atoms with Gasteiger partial charge in [0.1, 0.15) is 5.54 Å². The van der Waals surface area contributed by atoms with Crippen molar-refractivity contribution in [3.63, 3.8) is 0 Å². The van der Waals surface area contributed by atoms with Crippen molar-refractivity contribution in [2.24, 2.45) is 0 Å². The highest BCUT2D eigenvalue weighted by molar-refractivity contribution is 8.06. The lowest BCUT2D eigenvalue weighted by atomic mass is 9.99. The Hall–Kier alpha value is -0.0100. The van der Waals surface area contributed by atoms with Crippen molar-refractivity contribution in [1.29, 1.82) is 0 Å². The van der Waals surface area contributed by atoms with Gasteiger partial charge in [0, 0.05) is 34.7 Å². The molecule has 2 atom stereocenters. The lowest BCUT2D eigenvalue weighted by Crippen LogP contribution is -2.55. The fourth-order valence-corrected chi connectivity index (χ4v) is 6.07. The van der Waals surface area contributed by atoms with E-state index >= 15 is 0 Å². The number of hydrogen-bond acceptors (Lipinski definition) is 5. The van der Waals surface area contributed by atoms with E-state index in [2.05, 4.69) is 5.32 Å². The SMILES string of the molecule is O=C(CC1CSCCS1)NC1(C(=O)O)CCSC1. The van der Waals surface area contributed by atoms with Crippen molar-refractivity contribution >= 4 is 47.2 Å².